The lowest BCUT2D eigenvalue weighted by Crippen LogP contribution is -2.13. The maximum absolute atomic E-state index is 12.9. The number of anilines is 2. The van der Waals surface area contributed by atoms with Gasteiger partial charge in [-0.05, 0) is 35.0 Å². The van der Waals surface area contributed by atoms with Gasteiger partial charge in [0.05, 0.1) is 0 Å². The molecule has 2 heterocycles. The lowest BCUT2D eigenvalue weighted by Gasteiger charge is -2.12. The van der Waals surface area contributed by atoms with E-state index in [0.29, 0.717) is 34.6 Å². The number of amides is 1. The average molecular weight is 417 g/mol. The van der Waals surface area contributed by atoms with Crippen LogP contribution in [0.4, 0.5) is 11.6 Å². The van der Waals surface area contributed by atoms with Crippen molar-refractivity contribution in [3.8, 4) is 11.6 Å². The van der Waals surface area contributed by atoms with E-state index in [9.17, 15) is 4.79 Å². The van der Waals surface area contributed by atoms with Crippen molar-refractivity contribution in [2.24, 2.45) is 0 Å². The molecular formula is C23H23N5O3. The third-order valence-electron chi connectivity index (χ3n) is 4.71. The van der Waals surface area contributed by atoms with E-state index in [1.807, 2.05) is 45.0 Å². The number of benzene rings is 2. The van der Waals surface area contributed by atoms with Gasteiger partial charge in [0.15, 0.2) is 5.82 Å². The molecule has 31 heavy (non-hydrogen) atoms. The summed E-state index contributed by atoms with van der Waals surface area (Å²) < 4.78 is 11.2. The maximum atomic E-state index is 12.9. The number of carbonyl (C=O) groups is 1. The zero-order chi connectivity index (χ0) is 22.0. The monoisotopic (exact) mass is 417 g/mol. The predicted octanol–water partition coefficient (Wildman–Crippen LogP) is 5.00. The number of nitrogens with zero attached hydrogens (tertiary/aromatic N) is 3. The van der Waals surface area contributed by atoms with Gasteiger partial charge in [0.25, 0.3) is 5.91 Å². The molecule has 0 saturated carbocycles. The topological polar surface area (TPSA) is 102 Å². The summed E-state index contributed by atoms with van der Waals surface area (Å²) in [5.41, 5.74) is 0.340. The van der Waals surface area contributed by atoms with Gasteiger partial charge >= 0.3 is 0 Å². The fourth-order valence-corrected chi connectivity index (χ4v) is 3.05. The first-order valence-electron chi connectivity index (χ1n) is 9.82. The SMILES string of the molecule is CNc1cc(Oc2ccc3c(C(=O)Nc4cc(C(C)(C)C)on4)cccc3c2)ncn1. The summed E-state index contributed by atoms with van der Waals surface area (Å²) in [4.78, 5) is 21.1. The van der Waals surface area contributed by atoms with Crippen LogP contribution in [0.5, 0.6) is 11.6 Å². The van der Waals surface area contributed by atoms with E-state index in [1.165, 1.54) is 6.33 Å². The Morgan fingerprint density at radius 3 is 2.61 bits per heavy atom. The molecule has 8 heteroatoms. The van der Waals surface area contributed by atoms with Crippen LogP contribution < -0.4 is 15.4 Å². The second-order valence-corrected chi connectivity index (χ2v) is 8.06. The Morgan fingerprint density at radius 1 is 1.03 bits per heavy atom. The molecule has 0 fully saturated rings. The van der Waals surface area contributed by atoms with Gasteiger partial charge in [-0.25, -0.2) is 9.97 Å². The molecule has 0 spiro atoms. The van der Waals surface area contributed by atoms with E-state index in [-0.39, 0.29) is 11.3 Å². The van der Waals surface area contributed by atoms with Crippen molar-refractivity contribution in [3.05, 3.63) is 66.2 Å². The number of rotatable bonds is 5. The average Bonchev–Trinajstić information content (AvgIpc) is 3.22. The first-order valence-corrected chi connectivity index (χ1v) is 9.82. The molecular weight excluding hydrogens is 394 g/mol. The van der Waals surface area contributed by atoms with E-state index in [2.05, 4.69) is 25.8 Å². The highest BCUT2D eigenvalue weighted by atomic mass is 16.5. The zero-order valence-electron chi connectivity index (χ0n) is 17.8. The van der Waals surface area contributed by atoms with Crippen LogP contribution in [0.1, 0.15) is 36.9 Å². The van der Waals surface area contributed by atoms with E-state index >= 15 is 0 Å². The summed E-state index contributed by atoms with van der Waals surface area (Å²) >= 11 is 0. The summed E-state index contributed by atoms with van der Waals surface area (Å²) in [6.45, 7) is 6.06. The normalized spacial score (nSPS) is 11.4. The van der Waals surface area contributed by atoms with Crippen LogP contribution in [0, 0.1) is 0 Å². The molecule has 0 saturated heterocycles. The molecule has 8 nitrogen and oxygen atoms in total. The molecule has 0 aliphatic rings. The molecule has 2 N–H and O–H groups in total. The van der Waals surface area contributed by atoms with Crippen LogP contribution in [0.3, 0.4) is 0 Å². The zero-order valence-corrected chi connectivity index (χ0v) is 17.8. The van der Waals surface area contributed by atoms with Gasteiger partial charge in [0, 0.05) is 30.2 Å². The Kier molecular flexibility index (Phi) is 5.29. The van der Waals surface area contributed by atoms with Gasteiger partial charge in [-0.2, -0.15) is 0 Å². The molecule has 0 unspecified atom stereocenters. The van der Waals surface area contributed by atoms with Gasteiger partial charge in [0.2, 0.25) is 5.88 Å². The minimum Gasteiger partial charge on any atom is -0.439 e. The molecule has 2 aromatic heterocycles. The Morgan fingerprint density at radius 2 is 1.87 bits per heavy atom. The lowest BCUT2D eigenvalue weighted by molar-refractivity contribution is 0.102. The Labute approximate surface area is 179 Å². The Bertz CT molecular complexity index is 1240. The number of fused-ring (bicyclic) bond motifs is 1. The van der Waals surface area contributed by atoms with Gasteiger partial charge < -0.3 is 19.9 Å². The van der Waals surface area contributed by atoms with Gasteiger partial charge in [-0.15, -0.1) is 0 Å². The van der Waals surface area contributed by atoms with Crippen LogP contribution in [0.15, 0.2) is 59.4 Å². The van der Waals surface area contributed by atoms with Crippen LogP contribution in [0.25, 0.3) is 10.8 Å². The summed E-state index contributed by atoms with van der Waals surface area (Å²) in [5.74, 6) is 2.52. The van der Waals surface area contributed by atoms with E-state index in [4.69, 9.17) is 9.26 Å². The second-order valence-electron chi connectivity index (χ2n) is 8.06. The highest BCUT2D eigenvalue weighted by molar-refractivity contribution is 6.12. The molecule has 0 radical (unpaired) electrons. The van der Waals surface area contributed by atoms with Crippen molar-refractivity contribution in [1.82, 2.24) is 15.1 Å². The third-order valence-corrected chi connectivity index (χ3v) is 4.71. The molecule has 0 aliphatic heterocycles. The fourth-order valence-electron chi connectivity index (χ4n) is 3.05. The van der Waals surface area contributed by atoms with E-state index in [1.54, 1.807) is 31.3 Å². The second kappa shape index (κ2) is 8.06. The molecule has 4 rings (SSSR count). The summed E-state index contributed by atoms with van der Waals surface area (Å²) in [5, 5.41) is 11.4. The van der Waals surface area contributed by atoms with Crippen LogP contribution in [-0.2, 0) is 5.41 Å². The number of carbonyl (C=O) groups excluding carboxylic acids is 1. The van der Waals surface area contributed by atoms with Crippen molar-refractivity contribution in [3.63, 3.8) is 0 Å². The number of nitrogens with one attached hydrogen (secondary N) is 2. The van der Waals surface area contributed by atoms with Gasteiger partial charge in [0.1, 0.15) is 23.7 Å². The minimum absolute atomic E-state index is 0.191. The lowest BCUT2D eigenvalue weighted by atomic mass is 9.93. The van der Waals surface area contributed by atoms with E-state index in [0.717, 1.165) is 10.8 Å². The highest BCUT2D eigenvalue weighted by Crippen LogP contribution is 2.28. The Balaban J connectivity index is 1.57. The largest absolute Gasteiger partial charge is 0.439 e. The fraction of sp³-hybridized carbons (Fsp3) is 0.217. The van der Waals surface area contributed by atoms with E-state index < -0.39 is 0 Å². The summed E-state index contributed by atoms with van der Waals surface area (Å²) in [7, 11) is 1.78. The van der Waals surface area contributed by atoms with Crippen LogP contribution >= 0.6 is 0 Å². The quantitative estimate of drug-likeness (QED) is 0.471. The molecule has 0 atom stereocenters. The first-order chi connectivity index (χ1) is 14.8. The van der Waals surface area contributed by atoms with Crippen molar-refractivity contribution in [1.29, 1.82) is 0 Å². The predicted molar refractivity (Wildman–Crippen MR) is 119 cm³/mol. The molecule has 1 amide bonds. The standard InChI is InChI=1S/C23H23N5O3/c1-23(2,3)18-11-20(28-31-18)27-22(29)17-7-5-6-14-10-15(8-9-16(14)17)30-21-12-19(24-4)25-13-26-21/h5-13H,1-4H3,(H,24,25,26)(H,27,28,29). The first kappa shape index (κ1) is 20.3. The van der Waals surface area contributed by atoms with Gasteiger partial charge in [-0.3, -0.25) is 4.79 Å². The smallest absolute Gasteiger partial charge is 0.257 e. The Hall–Kier alpha value is -3.94. The van der Waals surface area contributed by atoms with Crippen molar-refractivity contribution in [2.75, 3.05) is 17.7 Å². The third kappa shape index (κ3) is 4.48. The molecule has 0 bridgehead atoms. The molecule has 158 valence electrons. The molecule has 2 aromatic carbocycles. The molecule has 0 aliphatic carbocycles. The molecule has 4 aromatic rings. The van der Waals surface area contributed by atoms with Crippen molar-refractivity contribution >= 4 is 28.3 Å². The van der Waals surface area contributed by atoms with Crippen molar-refractivity contribution in [2.45, 2.75) is 26.2 Å². The van der Waals surface area contributed by atoms with Crippen LogP contribution in [0.2, 0.25) is 0 Å². The van der Waals surface area contributed by atoms with Crippen molar-refractivity contribution < 1.29 is 14.1 Å². The van der Waals surface area contributed by atoms with Gasteiger partial charge in [-0.1, -0.05) is 38.1 Å². The summed E-state index contributed by atoms with van der Waals surface area (Å²) in [6, 6.07) is 14.5. The number of hydrogen-bond acceptors (Lipinski definition) is 7. The van der Waals surface area contributed by atoms with Crippen LogP contribution in [-0.4, -0.2) is 28.1 Å². The summed E-state index contributed by atoms with van der Waals surface area (Å²) in [6.07, 6.45) is 1.43. The minimum atomic E-state index is -0.262. The number of aromatic nitrogens is 3. The highest BCUT2D eigenvalue weighted by Gasteiger charge is 2.21. The maximum Gasteiger partial charge on any atom is 0.257 e. The number of hydrogen-bond donors (Lipinski definition) is 2. The number of ether oxygens (including phenoxy) is 1.